The third kappa shape index (κ3) is 28.1. The Morgan fingerprint density at radius 3 is 0.913 bits per heavy atom. The number of likely N-dealkylation sites (tertiary alicyclic amines) is 5. The highest BCUT2D eigenvalue weighted by Crippen LogP contribution is 2.37. The molecule has 6 fully saturated rings. The fourth-order valence-corrected chi connectivity index (χ4v) is 18.5. The third-order valence-electron chi connectivity index (χ3n) is 27.2. The Bertz CT molecular complexity index is 6520. The van der Waals surface area contributed by atoms with Crippen LogP contribution in [0.1, 0.15) is 131 Å². The Kier molecular flexibility index (Phi) is 34.6. The van der Waals surface area contributed by atoms with Gasteiger partial charge in [0, 0.05) is 148 Å². The molecule has 0 amide bonds. The third-order valence-corrected chi connectivity index (χ3v) is 27.5. The molecule has 150 heavy (non-hydrogen) atoms. The van der Waals surface area contributed by atoms with Crippen LogP contribution in [0, 0.1) is 60.1 Å². The standard InChI is InChI=1S/C24H27N3O3.C23H24ClN3O3.C23H24FN3O3.C23H23N3O4.C23H25N3O4/c1-15(2)10-17-4-7-19(8-5-17)23-25-22(26-30-23)21-9-6-18(11-16(21)3)12-27-13-20(14-27)24(28)29;2*1-14(2)9-15-3-6-17(7-4-15)22-25-21(26-30-22)19-8-5-16(10-20(19)24)11-27-12-18(13-27)23(28)29;27-23(28)18-13-26(14-18)12-15-4-6-16(7-5-15)21-24-22(30-25-21)17-8-10-20(11-9-17)29-19-2-1-3-19;1-3-15(2)29-20-10-8-18(9-11-20)22-24-21(25-30-22)17-6-4-16(5-7-17)12-26-13-19(14-26)23(27)28/h4-9,11,15,20H,10,12-14H2,1-3H3,(H,28,29);2*3-8,10,14,18H,9,11-13H2,1-2H3,(H,28,29);4-11,18-19H,1-3,12-14H2,(H,27,28);4-11,15,19H,3,12-14H2,1-2H3,(H,27,28)/t;;;;15-/m....0/s1. The van der Waals surface area contributed by atoms with E-state index in [2.05, 4.69) is 149 Å². The zero-order valence-electron chi connectivity index (χ0n) is 85.3. The molecule has 0 bridgehead atoms. The number of benzene rings is 10. The summed E-state index contributed by atoms with van der Waals surface area (Å²) in [4.78, 5) is 87.5. The number of nitrogens with zero attached hydrogens (tertiary/aromatic N) is 15. The van der Waals surface area contributed by atoms with Crippen LogP contribution >= 0.6 is 11.6 Å². The maximum absolute atomic E-state index is 14.7. The number of ether oxygens (including phenoxy) is 2. The first-order valence-corrected chi connectivity index (χ1v) is 51.3. The van der Waals surface area contributed by atoms with Gasteiger partial charge in [0.15, 0.2) is 0 Å². The van der Waals surface area contributed by atoms with Gasteiger partial charge in [-0.2, -0.15) is 24.9 Å². The van der Waals surface area contributed by atoms with E-state index in [0.29, 0.717) is 166 Å². The molecule has 778 valence electrons. The van der Waals surface area contributed by atoms with Crippen molar-refractivity contribution in [2.24, 2.45) is 47.3 Å². The summed E-state index contributed by atoms with van der Waals surface area (Å²) in [6.07, 6.45) is 8.08. The van der Waals surface area contributed by atoms with Gasteiger partial charge in [-0.25, -0.2) is 4.39 Å². The molecule has 32 nitrogen and oxygen atoms in total. The summed E-state index contributed by atoms with van der Waals surface area (Å²) in [6.45, 7) is 28.5. The van der Waals surface area contributed by atoms with Crippen molar-refractivity contribution in [2.75, 3.05) is 65.4 Å². The van der Waals surface area contributed by atoms with Crippen LogP contribution in [0.5, 0.6) is 11.5 Å². The Morgan fingerprint density at radius 2 is 0.607 bits per heavy atom. The summed E-state index contributed by atoms with van der Waals surface area (Å²) < 4.78 is 53.5. The second-order valence-corrected chi connectivity index (χ2v) is 41.3. The van der Waals surface area contributed by atoms with Gasteiger partial charge >= 0.3 is 29.8 Å². The molecule has 15 aromatic rings. The average molecular weight is 2050 g/mol. The molecule has 10 aromatic carbocycles. The van der Waals surface area contributed by atoms with Gasteiger partial charge in [-0.15, -0.1) is 0 Å². The normalized spacial score (nSPS) is 15.5. The van der Waals surface area contributed by atoms with Crippen LogP contribution in [-0.2, 0) is 76.0 Å². The molecule has 5 saturated heterocycles. The molecular weight excluding hydrogens is 1930 g/mol. The zero-order valence-corrected chi connectivity index (χ0v) is 86.0. The maximum atomic E-state index is 14.7. The van der Waals surface area contributed by atoms with E-state index in [0.717, 1.165) is 148 Å². The average Bonchev–Trinajstić information content (AvgIpc) is 1.67. The summed E-state index contributed by atoms with van der Waals surface area (Å²) >= 11 is 6.48. The molecule has 5 aliphatic heterocycles. The maximum Gasteiger partial charge on any atom is 0.309 e. The summed E-state index contributed by atoms with van der Waals surface area (Å²) in [5.41, 5.74) is 18.1. The van der Waals surface area contributed by atoms with Crippen molar-refractivity contribution in [3.8, 4) is 126 Å². The Hall–Kier alpha value is -15.1. The minimum atomic E-state index is -0.782. The number of carbonyl (C=O) groups is 5. The summed E-state index contributed by atoms with van der Waals surface area (Å²) in [6, 6.07) is 72.5. The summed E-state index contributed by atoms with van der Waals surface area (Å²) in [5.74, 6) is 2.69. The van der Waals surface area contributed by atoms with Crippen molar-refractivity contribution in [1.29, 1.82) is 0 Å². The van der Waals surface area contributed by atoms with Crippen LogP contribution in [0.4, 0.5) is 4.39 Å². The molecule has 21 rings (SSSR count). The fourth-order valence-electron chi connectivity index (χ4n) is 18.2. The van der Waals surface area contributed by atoms with Crippen LogP contribution < -0.4 is 9.47 Å². The summed E-state index contributed by atoms with van der Waals surface area (Å²) in [5, 5.41) is 65.8. The molecule has 5 aromatic heterocycles. The van der Waals surface area contributed by atoms with Crippen LogP contribution in [0.15, 0.2) is 247 Å². The second-order valence-electron chi connectivity index (χ2n) is 40.9. The predicted molar refractivity (Wildman–Crippen MR) is 562 cm³/mol. The number of aromatic nitrogens is 10. The monoisotopic (exact) mass is 2050 g/mol. The van der Waals surface area contributed by atoms with E-state index in [1.54, 1.807) is 6.07 Å². The molecule has 1 saturated carbocycles. The highest BCUT2D eigenvalue weighted by Gasteiger charge is 2.38. The number of aryl methyl sites for hydroxylation is 1. The van der Waals surface area contributed by atoms with Gasteiger partial charge in [-0.3, -0.25) is 48.5 Å². The zero-order chi connectivity index (χ0) is 105. The number of halogens is 2. The fraction of sp³-hybridized carbons (Fsp3) is 0.353. The van der Waals surface area contributed by atoms with E-state index in [4.69, 9.17) is 69.2 Å². The Morgan fingerprint density at radius 1 is 0.340 bits per heavy atom. The van der Waals surface area contributed by atoms with Gasteiger partial charge in [-0.05, 0) is 236 Å². The minimum absolute atomic E-state index is 0.175. The van der Waals surface area contributed by atoms with E-state index in [1.165, 1.54) is 29.2 Å². The Balaban J connectivity index is 0.000000128. The first-order valence-electron chi connectivity index (χ1n) is 50.9. The number of carboxylic acid groups (broad SMARTS) is 5. The molecule has 0 radical (unpaired) electrons. The predicted octanol–water partition coefficient (Wildman–Crippen LogP) is 21.4. The second kappa shape index (κ2) is 48.9. The van der Waals surface area contributed by atoms with E-state index >= 15 is 0 Å². The van der Waals surface area contributed by atoms with Crippen molar-refractivity contribution in [3.63, 3.8) is 0 Å². The van der Waals surface area contributed by atoms with Crippen molar-refractivity contribution in [1.82, 2.24) is 75.2 Å². The largest absolute Gasteiger partial charge is 0.491 e. The van der Waals surface area contributed by atoms with Crippen molar-refractivity contribution >= 4 is 41.4 Å². The van der Waals surface area contributed by atoms with Gasteiger partial charge in [0.25, 0.3) is 29.5 Å². The van der Waals surface area contributed by atoms with Crippen LogP contribution in [0.25, 0.3) is 114 Å². The molecule has 6 aliphatic rings. The lowest BCUT2D eigenvalue weighted by atomic mass is 9.96. The number of aliphatic carboxylic acids is 5. The number of rotatable bonds is 36. The molecule has 1 aliphatic carbocycles. The lowest BCUT2D eigenvalue weighted by Gasteiger charge is -2.36. The van der Waals surface area contributed by atoms with Crippen molar-refractivity contribution < 1.29 is 86.0 Å². The highest BCUT2D eigenvalue weighted by atomic mass is 35.5. The number of hydrogen-bond acceptors (Lipinski definition) is 27. The topological polar surface area (TPSA) is 416 Å². The first-order chi connectivity index (χ1) is 72.3. The summed E-state index contributed by atoms with van der Waals surface area (Å²) in [7, 11) is 0. The number of hydrogen-bond donors (Lipinski definition) is 5. The SMILES string of the molecule is CC(C)Cc1ccc(-c2nc(-c3ccc(CN4CC(C(=O)O)C4)cc3Cl)no2)cc1.CC(C)Cc1ccc(-c2nc(-c3ccc(CN4CC(C(=O)O)C4)cc3F)no2)cc1.CC[C@H](C)Oc1ccc(-c2nc(-c3ccc(CN4CC(C(=O)O)C4)cc3)no2)cc1.Cc1cc(CN2CC(C(=O)O)C2)ccc1-c1noc(-c2ccc(CC(C)C)cc2)n1.O=C(O)C1CN(Cc2ccc(-c3noc(-c4ccc(OC5CCC5)cc4)n3)cc2)C1. The quantitative estimate of drug-likeness (QED) is 0.0243. The van der Waals surface area contributed by atoms with Crippen molar-refractivity contribution in [2.45, 2.75) is 152 Å². The minimum Gasteiger partial charge on any atom is -0.491 e. The molecule has 0 spiro atoms. The molecule has 0 unspecified atom stereocenters. The lowest BCUT2D eigenvalue weighted by Crippen LogP contribution is -2.49. The molecule has 10 heterocycles. The highest BCUT2D eigenvalue weighted by molar-refractivity contribution is 6.33. The van der Waals surface area contributed by atoms with Gasteiger partial charge in [0.2, 0.25) is 29.1 Å². The van der Waals surface area contributed by atoms with E-state index in [9.17, 15) is 28.4 Å². The van der Waals surface area contributed by atoms with Gasteiger partial charge < -0.3 is 57.6 Å². The van der Waals surface area contributed by atoms with Crippen LogP contribution in [0.2, 0.25) is 5.02 Å². The van der Waals surface area contributed by atoms with Gasteiger partial charge in [0.1, 0.15) is 17.3 Å². The molecule has 5 N–H and O–H groups in total. The van der Waals surface area contributed by atoms with Crippen LogP contribution in [-0.4, -0.2) is 208 Å². The number of carboxylic acids is 5. The van der Waals surface area contributed by atoms with Gasteiger partial charge in [-0.1, -0.05) is 201 Å². The van der Waals surface area contributed by atoms with Gasteiger partial charge in [0.05, 0.1) is 52.4 Å². The van der Waals surface area contributed by atoms with Crippen molar-refractivity contribution in [3.05, 3.63) is 285 Å². The molecular formula is C116H123ClFN15O17. The van der Waals surface area contributed by atoms with E-state index in [1.807, 2.05) is 201 Å². The van der Waals surface area contributed by atoms with E-state index < -0.39 is 35.7 Å². The molecule has 34 heteroatoms. The Labute approximate surface area is 873 Å². The lowest BCUT2D eigenvalue weighted by molar-refractivity contribution is -0.148. The van der Waals surface area contributed by atoms with Crippen LogP contribution in [0.3, 0.4) is 0 Å². The molecule has 1 atom stereocenters. The first kappa shape index (κ1) is 106. The van der Waals surface area contributed by atoms with E-state index in [-0.39, 0.29) is 47.1 Å². The smallest absolute Gasteiger partial charge is 0.309 e.